The molecule has 168 valence electrons. The van der Waals surface area contributed by atoms with Gasteiger partial charge in [-0.2, -0.15) is 0 Å². The molecular formula is C25H50KNS2. The number of nitrogens with zero attached hydrogens (tertiary/aromatic N) is 1. The van der Waals surface area contributed by atoms with E-state index in [9.17, 15) is 0 Å². The zero-order valence-electron chi connectivity index (χ0n) is 20.3. The molecule has 0 aliphatic rings. The molecule has 0 heterocycles. The van der Waals surface area contributed by atoms with Crippen molar-refractivity contribution in [3.05, 3.63) is 0 Å². The molecule has 0 rings (SSSR count). The van der Waals surface area contributed by atoms with E-state index in [4.69, 9.17) is 24.8 Å². The minimum Gasteiger partial charge on any atom is -0.411 e. The molecule has 0 fully saturated rings. The van der Waals surface area contributed by atoms with E-state index in [1.807, 2.05) is 0 Å². The summed E-state index contributed by atoms with van der Waals surface area (Å²) in [6.07, 6.45) is 27.7. The number of hydrogen-bond acceptors (Lipinski definition) is 2. The Bertz CT molecular complexity index is 302. The number of rotatable bonds is 22. The van der Waals surface area contributed by atoms with Gasteiger partial charge in [0.1, 0.15) is 0 Å². The van der Waals surface area contributed by atoms with Crippen molar-refractivity contribution in [2.75, 3.05) is 13.1 Å². The van der Waals surface area contributed by atoms with E-state index in [0.717, 1.165) is 13.1 Å². The van der Waals surface area contributed by atoms with E-state index < -0.39 is 0 Å². The number of unbranched alkanes of at least 4 members (excludes halogenated alkanes) is 18. The van der Waals surface area contributed by atoms with Gasteiger partial charge < -0.3 is 29.7 Å². The van der Waals surface area contributed by atoms with Crippen LogP contribution in [-0.4, -0.2) is 22.3 Å². The Hall–Kier alpha value is 1.75. The molecule has 0 bridgehead atoms. The van der Waals surface area contributed by atoms with Crippen LogP contribution >= 0.6 is 12.2 Å². The average Bonchev–Trinajstić information content (AvgIpc) is 2.68. The standard InChI is InChI=1S/C25H51NS2.K/c1-3-5-7-9-11-13-15-17-19-21-23-26(25(27)28)24-22-20-18-16-14-12-10-8-6-4-2;/h3-24H2,1-2H3,(H,27,28);/q;+1/p-1. The molecule has 0 amide bonds. The van der Waals surface area contributed by atoms with E-state index in [2.05, 4.69) is 18.7 Å². The fourth-order valence-electron chi connectivity index (χ4n) is 3.87. The molecule has 0 N–H and O–H groups in total. The summed E-state index contributed by atoms with van der Waals surface area (Å²) in [6, 6.07) is 0. The van der Waals surface area contributed by atoms with Crippen LogP contribution in [-0.2, 0) is 12.6 Å². The predicted octanol–water partition coefficient (Wildman–Crippen LogP) is 5.97. The molecule has 0 saturated heterocycles. The van der Waals surface area contributed by atoms with Crippen molar-refractivity contribution in [2.24, 2.45) is 0 Å². The smallest absolute Gasteiger partial charge is 0.411 e. The van der Waals surface area contributed by atoms with Crippen LogP contribution in [0.4, 0.5) is 0 Å². The van der Waals surface area contributed by atoms with Crippen LogP contribution in [0.15, 0.2) is 0 Å². The van der Waals surface area contributed by atoms with E-state index >= 15 is 0 Å². The van der Waals surface area contributed by atoms with Gasteiger partial charge in [0.2, 0.25) is 0 Å². The zero-order chi connectivity index (χ0) is 20.7. The third-order valence-electron chi connectivity index (χ3n) is 5.82. The van der Waals surface area contributed by atoms with Gasteiger partial charge in [0.15, 0.2) is 0 Å². The monoisotopic (exact) mass is 467 g/mol. The maximum absolute atomic E-state index is 5.30. The summed E-state index contributed by atoms with van der Waals surface area (Å²) in [7, 11) is 0. The zero-order valence-corrected chi connectivity index (χ0v) is 25.1. The minimum absolute atomic E-state index is 0. The Kier molecular flexibility index (Phi) is 31.5. The largest absolute Gasteiger partial charge is 1.00 e. The Balaban J connectivity index is 0. The predicted molar refractivity (Wildman–Crippen MR) is 135 cm³/mol. The van der Waals surface area contributed by atoms with Crippen LogP contribution in [0, 0.1) is 0 Å². The molecular weight excluding hydrogens is 418 g/mol. The first-order chi connectivity index (χ1) is 13.7. The molecule has 1 nitrogen and oxygen atoms in total. The molecule has 0 spiro atoms. The molecule has 0 aliphatic heterocycles. The average molecular weight is 468 g/mol. The summed E-state index contributed by atoms with van der Waals surface area (Å²) in [5.74, 6) is 0. The van der Waals surface area contributed by atoms with Gasteiger partial charge >= 0.3 is 51.4 Å². The summed E-state index contributed by atoms with van der Waals surface area (Å²) >= 11 is 10.6. The summed E-state index contributed by atoms with van der Waals surface area (Å²) in [5.41, 5.74) is 0. The van der Waals surface area contributed by atoms with Crippen molar-refractivity contribution in [3.63, 3.8) is 0 Å². The first-order valence-electron chi connectivity index (χ1n) is 12.7. The van der Waals surface area contributed by atoms with Gasteiger partial charge in [-0.05, 0) is 12.8 Å². The maximum Gasteiger partial charge on any atom is 1.00 e. The van der Waals surface area contributed by atoms with Gasteiger partial charge in [0.25, 0.3) is 0 Å². The van der Waals surface area contributed by atoms with Crippen LogP contribution in [0.3, 0.4) is 0 Å². The Morgan fingerprint density at radius 1 is 0.517 bits per heavy atom. The van der Waals surface area contributed by atoms with Crippen molar-refractivity contribution < 1.29 is 51.4 Å². The first kappa shape index (κ1) is 32.9. The molecule has 0 radical (unpaired) electrons. The molecule has 0 aliphatic carbocycles. The summed E-state index contributed by atoms with van der Waals surface area (Å²) in [5, 5.41) is 0. The third-order valence-corrected chi connectivity index (χ3v) is 6.34. The minimum atomic E-state index is 0. The van der Waals surface area contributed by atoms with Crippen molar-refractivity contribution >= 4 is 29.2 Å². The molecule has 0 saturated carbocycles. The van der Waals surface area contributed by atoms with Crippen molar-refractivity contribution in [2.45, 2.75) is 142 Å². The SMILES string of the molecule is CCCCCCCCCCCCN(CCCCCCCCCCCC)C(=S)[S-].[K+]. The molecule has 0 aromatic rings. The maximum atomic E-state index is 5.30. The van der Waals surface area contributed by atoms with E-state index in [0.29, 0.717) is 4.32 Å². The Morgan fingerprint density at radius 2 is 0.759 bits per heavy atom. The number of thiocarbonyl (C=S) groups is 1. The van der Waals surface area contributed by atoms with Gasteiger partial charge in [-0.15, -0.1) is 0 Å². The Morgan fingerprint density at radius 3 is 1.00 bits per heavy atom. The quantitative estimate of drug-likeness (QED) is 0.0836. The second-order valence-electron chi connectivity index (χ2n) is 8.62. The molecule has 0 atom stereocenters. The van der Waals surface area contributed by atoms with Gasteiger partial charge in [0, 0.05) is 13.1 Å². The Labute approximate surface area is 238 Å². The van der Waals surface area contributed by atoms with E-state index in [-0.39, 0.29) is 51.4 Å². The molecule has 29 heavy (non-hydrogen) atoms. The fraction of sp³-hybridized carbons (Fsp3) is 0.960. The van der Waals surface area contributed by atoms with Crippen LogP contribution in [0.25, 0.3) is 0 Å². The molecule has 0 aromatic carbocycles. The fourth-order valence-corrected chi connectivity index (χ4v) is 4.24. The van der Waals surface area contributed by atoms with E-state index in [1.54, 1.807) is 0 Å². The second-order valence-corrected chi connectivity index (χ2v) is 9.65. The summed E-state index contributed by atoms with van der Waals surface area (Å²) in [6.45, 7) is 6.73. The van der Waals surface area contributed by atoms with E-state index in [1.165, 1.54) is 128 Å². The van der Waals surface area contributed by atoms with Gasteiger partial charge in [0.05, 0.1) is 0 Å². The first-order valence-corrected chi connectivity index (χ1v) is 13.5. The van der Waals surface area contributed by atoms with Crippen molar-refractivity contribution in [3.8, 4) is 0 Å². The summed E-state index contributed by atoms with van der Waals surface area (Å²) < 4.78 is 0.687. The van der Waals surface area contributed by atoms with Crippen LogP contribution in [0.5, 0.6) is 0 Å². The normalized spacial score (nSPS) is 10.7. The van der Waals surface area contributed by atoms with Crippen LogP contribution in [0.1, 0.15) is 142 Å². The number of hydrogen-bond donors (Lipinski definition) is 0. The van der Waals surface area contributed by atoms with Gasteiger partial charge in [-0.3, -0.25) is 0 Å². The second kappa shape index (κ2) is 27.8. The van der Waals surface area contributed by atoms with Crippen molar-refractivity contribution in [1.29, 1.82) is 0 Å². The van der Waals surface area contributed by atoms with Gasteiger partial charge in [-0.1, -0.05) is 134 Å². The third kappa shape index (κ3) is 25.9. The van der Waals surface area contributed by atoms with Crippen LogP contribution in [0.2, 0.25) is 0 Å². The molecule has 4 heteroatoms. The van der Waals surface area contributed by atoms with Gasteiger partial charge in [-0.25, -0.2) is 0 Å². The van der Waals surface area contributed by atoms with Crippen LogP contribution < -0.4 is 51.4 Å². The van der Waals surface area contributed by atoms with Crippen molar-refractivity contribution in [1.82, 2.24) is 4.90 Å². The molecule has 0 aromatic heterocycles. The molecule has 0 unspecified atom stereocenters. The summed E-state index contributed by atoms with van der Waals surface area (Å²) in [4.78, 5) is 2.28. The topological polar surface area (TPSA) is 3.24 Å².